The third-order valence-electron chi connectivity index (χ3n) is 5.79. The fraction of sp³-hybridized carbons (Fsp3) is 0.385. The van der Waals surface area contributed by atoms with Gasteiger partial charge in [-0.15, -0.1) is 11.3 Å². The maximum atomic E-state index is 15.8. The van der Waals surface area contributed by atoms with E-state index in [0.29, 0.717) is 30.2 Å². The quantitative estimate of drug-likeness (QED) is 0.0831. The number of carbonyl (C=O) groups is 1. The molecule has 2 aromatic carbocycles. The molecule has 7 N–H and O–H groups in total. The number of benzene rings is 2. The fourth-order valence-corrected chi connectivity index (χ4v) is 8.09. The number of carboxylic acids is 1. The standard InChI is InChI=1S/C24H28F3N4O7PS2.C2HF3O2/c1-2-16-18-19(26)21(36-9-3-7-28)22(37-10-4-8-29)20(27)23(18)40-24(16)41(34,35)31-13-39(32,33)38-15-6-5-14(12-30)17(25)11-15;3-2(4,5)1(6)7/h5-6,11,31H,2-4,7-10,13,28-29H2,1H3,(H,32,33);(H,6,7). The first-order valence-electron chi connectivity index (χ1n) is 13.5. The first kappa shape index (κ1) is 40.5. The summed E-state index contributed by atoms with van der Waals surface area (Å²) in [4.78, 5) is 19.1. The summed E-state index contributed by atoms with van der Waals surface area (Å²) >= 11 is 0.409. The first-order chi connectivity index (χ1) is 22.3. The van der Waals surface area contributed by atoms with Gasteiger partial charge in [-0.05, 0) is 50.0 Å². The average molecular weight is 751 g/mol. The second-order valence-electron chi connectivity index (χ2n) is 9.28. The highest BCUT2D eigenvalue weighted by Gasteiger charge is 2.38. The van der Waals surface area contributed by atoms with Crippen molar-refractivity contribution in [1.29, 1.82) is 5.26 Å². The highest BCUT2D eigenvalue weighted by Crippen LogP contribution is 2.47. The minimum atomic E-state index is -5.08. The Kier molecular flexibility index (Phi) is 14.5. The van der Waals surface area contributed by atoms with Crippen LogP contribution >= 0.6 is 18.9 Å². The van der Waals surface area contributed by atoms with Crippen LogP contribution in [0.2, 0.25) is 0 Å². The topological polar surface area (TPSA) is 224 Å². The maximum Gasteiger partial charge on any atom is 0.490 e. The van der Waals surface area contributed by atoms with E-state index >= 15 is 8.78 Å². The maximum absolute atomic E-state index is 15.8. The average Bonchev–Trinajstić information content (AvgIpc) is 3.41. The molecule has 1 heterocycles. The lowest BCUT2D eigenvalue weighted by molar-refractivity contribution is -0.192. The lowest BCUT2D eigenvalue weighted by Crippen LogP contribution is -2.26. The molecule has 22 heteroatoms. The number of ether oxygens (including phenoxy) is 2. The van der Waals surface area contributed by atoms with Crippen molar-refractivity contribution in [2.24, 2.45) is 11.5 Å². The highest BCUT2D eigenvalue weighted by atomic mass is 32.2. The number of carboxylic acid groups (broad SMARTS) is 1. The SMILES string of the molecule is CCc1c(S(=O)(=O)NCP(=O)(O)Oc2ccc(C#N)c(F)c2)sc2c(F)c(OCCCN)c(OCCCN)c(F)c12.O=C(O)C(F)(F)F. The van der Waals surface area contributed by atoms with Gasteiger partial charge in [0.2, 0.25) is 11.5 Å². The summed E-state index contributed by atoms with van der Waals surface area (Å²) in [5.41, 5.74) is 10.5. The summed E-state index contributed by atoms with van der Waals surface area (Å²) in [5.74, 6) is -7.33. The summed E-state index contributed by atoms with van der Waals surface area (Å²) in [6, 6.07) is 4.36. The largest absolute Gasteiger partial charge is 0.490 e. The van der Waals surface area contributed by atoms with Gasteiger partial charge in [0, 0.05) is 11.5 Å². The molecule has 0 saturated carbocycles. The number of aliphatic carboxylic acids is 1. The van der Waals surface area contributed by atoms with Crippen LogP contribution < -0.4 is 30.2 Å². The van der Waals surface area contributed by atoms with E-state index in [0.717, 1.165) is 12.1 Å². The number of nitrogens with two attached hydrogens (primary N) is 2. The van der Waals surface area contributed by atoms with Crippen LogP contribution in [0, 0.1) is 28.8 Å². The van der Waals surface area contributed by atoms with Gasteiger partial charge in [-0.3, -0.25) is 0 Å². The number of hydrogen-bond acceptors (Lipinski definition) is 11. The van der Waals surface area contributed by atoms with Crippen molar-refractivity contribution in [3.63, 3.8) is 0 Å². The van der Waals surface area contributed by atoms with Gasteiger partial charge < -0.3 is 35.5 Å². The minimum Gasteiger partial charge on any atom is -0.487 e. The number of nitrogens with one attached hydrogen (secondary N) is 1. The van der Waals surface area contributed by atoms with Crippen LogP contribution in [0.25, 0.3) is 10.1 Å². The molecule has 0 aliphatic carbocycles. The van der Waals surface area contributed by atoms with Crippen LogP contribution in [0.4, 0.5) is 26.3 Å². The predicted molar refractivity (Wildman–Crippen MR) is 160 cm³/mol. The summed E-state index contributed by atoms with van der Waals surface area (Å²) in [5, 5.41) is 15.6. The molecule has 0 spiro atoms. The fourth-order valence-electron chi connectivity index (χ4n) is 3.63. The monoisotopic (exact) mass is 750 g/mol. The van der Waals surface area contributed by atoms with Crippen molar-refractivity contribution in [3.05, 3.63) is 46.8 Å². The van der Waals surface area contributed by atoms with Gasteiger partial charge in [-0.1, -0.05) is 6.92 Å². The smallest absolute Gasteiger partial charge is 0.487 e. The number of hydrogen-bond donors (Lipinski definition) is 5. The van der Waals surface area contributed by atoms with Crippen molar-refractivity contribution >= 4 is 45.0 Å². The zero-order valence-electron chi connectivity index (χ0n) is 24.8. The van der Waals surface area contributed by atoms with E-state index in [1.54, 1.807) is 6.07 Å². The summed E-state index contributed by atoms with van der Waals surface area (Å²) in [6.45, 7) is 1.86. The molecule has 0 bridgehead atoms. The molecule has 3 rings (SSSR count). The third-order valence-corrected chi connectivity index (χ3v) is 10.2. The number of aryl methyl sites for hydroxylation is 1. The van der Waals surface area contributed by atoms with Crippen LogP contribution in [-0.4, -0.2) is 63.2 Å². The molecule has 0 fully saturated rings. The Labute approximate surface area is 273 Å². The molecule has 3 aromatic rings. The molecule has 48 heavy (non-hydrogen) atoms. The zero-order chi connectivity index (χ0) is 36.4. The van der Waals surface area contributed by atoms with E-state index in [2.05, 4.69) is 0 Å². The Morgan fingerprint density at radius 2 is 1.62 bits per heavy atom. The van der Waals surface area contributed by atoms with Crippen molar-refractivity contribution in [2.75, 3.05) is 32.6 Å². The summed E-state index contributed by atoms with van der Waals surface area (Å²) in [6.07, 6.45) is -5.64. The van der Waals surface area contributed by atoms with E-state index < -0.39 is 75.0 Å². The van der Waals surface area contributed by atoms with Crippen LogP contribution in [0.3, 0.4) is 0 Å². The van der Waals surface area contributed by atoms with Crippen molar-refractivity contribution < 1.29 is 68.1 Å². The van der Waals surface area contributed by atoms with Gasteiger partial charge in [0.25, 0.3) is 10.0 Å². The van der Waals surface area contributed by atoms with Crippen molar-refractivity contribution in [1.82, 2.24) is 4.72 Å². The molecule has 13 nitrogen and oxygen atoms in total. The number of halogens is 6. The van der Waals surface area contributed by atoms with Crippen LogP contribution in [0.15, 0.2) is 22.4 Å². The van der Waals surface area contributed by atoms with Gasteiger partial charge >= 0.3 is 19.7 Å². The normalized spacial score (nSPS) is 12.9. The van der Waals surface area contributed by atoms with Gasteiger partial charge in [-0.25, -0.2) is 30.9 Å². The minimum absolute atomic E-state index is 0.0555. The molecular weight excluding hydrogens is 721 g/mol. The van der Waals surface area contributed by atoms with E-state index in [-0.39, 0.29) is 53.9 Å². The number of nitrogens with zero attached hydrogens (tertiary/aromatic N) is 1. The molecule has 0 saturated heterocycles. The molecule has 0 aliphatic rings. The zero-order valence-corrected chi connectivity index (χ0v) is 27.3. The molecular formula is C26H29F6N4O9PS2. The molecule has 1 atom stereocenters. The Morgan fingerprint density at radius 1 is 1.08 bits per heavy atom. The van der Waals surface area contributed by atoms with Crippen LogP contribution in [-0.2, 0) is 25.8 Å². The number of nitriles is 1. The molecule has 0 radical (unpaired) electrons. The number of rotatable bonds is 15. The van der Waals surface area contributed by atoms with Crippen LogP contribution in [0.5, 0.6) is 17.2 Å². The number of alkyl halides is 3. The Morgan fingerprint density at radius 3 is 2.08 bits per heavy atom. The number of thiophene rings is 1. The molecule has 1 aromatic heterocycles. The Hall–Kier alpha value is -3.64. The number of fused-ring (bicyclic) bond motifs is 1. The van der Waals surface area contributed by atoms with E-state index in [1.807, 2.05) is 4.72 Å². The summed E-state index contributed by atoms with van der Waals surface area (Å²) in [7, 11) is -9.36. The predicted octanol–water partition coefficient (Wildman–Crippen LogP) is 4.34. The first-order valence-corrected chi connectivity index (χ1v) is 17.5. The van der Waals surface area contributed by atoms with E-state index in [1.165, 1.54) is 6.92 Å². The van der Waals surface area contributed by atoms with Gasteiger partial charge in [0.15, 0.2) is 11.6 Å². The van der Waals surface area contributed by atoms with Crippen LogP contribution in [0.1, 0.15) is 30.9 Å². The lowest BCUT2D eigenvalue weighted by Gasteiger charge is -2.16. The van der Waals surface area contributed by atoms with E-state index in [4.69, 9.17) is 40.6 Å². The molecule has 1 unspecified atom stereocenters. The van der Waals surface area contributed by atoms with E-state index in [9.17, 15) is 35.4 Å². The van der Waals surface area contributed by atoms with Crippen molar-refractivity contribution in [2.45, 2.75) is 36.6 Å². The molecule has 0 amide bonds. The summed E-state index contributed by atoms with van der Waals surface area (Å²) < 4.78 is 133. The van der Waals surface area contributed by atoms with Crippen molar-refractivity contribution in [3.8, 4) is 23.3 Å². The molecule has 0 aliphatic heterocycles. The Balaban J connectivity index is 0.00000103. The third kappa shape index (κ3) is 10.4. The number of sulfonamides is 1. The van der Waals surface area contributed by atoms with Gasteiger partial charge in [0.1, 0.15) is 28.1 Å². The second-order valence-corrected chi connectivity index (χ2v) is 14.0. The highest BCUT2D eigenvalue weighted by molar-refractivity contribution is 7.92. The Bertz CT molecular complexity index is 1820. The van der Waals surface area contributed by atoms with Gasteiger partial charge in [-0.2, -0.15) is 23.2 Å². The van der Waals surface area contributed by atoms with Gasteiger partial charge in [0.05, 0.1) is 23.5 Å². The second kappa shape index (κ2) is 17.1. The lowest BCUT2D eigenvalue weighted by atomic mass is 10.1. The molecule has 266 valence electrons.